The van der Waals surface area contributed by atoms with Crippen LogP contribution in [0.5, 0.6) is 0 Å². The van der Waals surface area contributed by atoms with E-state index in [9.17, 15) is 14.9 Å². The quantitative estimate of drug-likeness (QED) is 0.488. The van der Waals surface area contributed by atoms with Crippen LogP contribution in [-0.2, 0) is 4.79 Å². The van der Waals surface area contributed by atoms with Crippen molar-refractivity contribution in [2.75, 3.05) is 5.43 Å². The number of aliphatic carboxylic acids is 1. The number of carboxylic acid groups (broad SMARTS) is 1. The number of benzene rings is 1. The lowest BCUT2D eigenvalue weighted by Gasteiger charge is -2.02. The standard InChI is InChI=1S/C9H8ClN3O4/c1-5(9(14)15)11-12-7-4-6(10)2-3-8(7)13(16)17/h2-4,12H,1H3,(H,14,15)/b11-5-. The Morgan fingerprint density at radius 2 is 2.24 bits per heavy atom. The number of anilines is 1. The molecule has 0 bridgehead atoms. The third kappa shape index (κ3) is 3.42. The molecule has 0 aliphatic carbocycles. The molecule has 2 N–H and O–H groups in total. The fourth-order valence-electron chi connectivity index (χ4n) is 0.949. The van der Waals surface area contributed by atoms with Gasteiger partial charge in [-0.3, -0.25) is 15.5 Å². The van der Waals surface area contributed by atoms with Crippen LogP contribution in [0.25, 0.3) is 0 Å². The van der Waals surface area contributed by atoms with E-state index in [1.54, 1.807) is 0 Å². The number of carbonyl (C=O) groups is 1. The van der Waals surface area contributed by atoms with Crippen molar-refractivity contribution in [2.45, 2.75) is 6.92 Å². The van der Waals surface area contributed by atoms with Crippen LogP contribution in [-0.4, -0.2) is 21.7 Å². The van der Waals surface area contributed by atoms with Gasteiger partial charge in [0.1, 0.15) is 11.4 Å². The van der Waals surface area contributed by atoms with Crippen molar-refractivity contribution in [2.24, 2.45) is 5.10 Å². The van der Waals surface area contributed by atoms with Gasteiger partial charge in [-0.1, -0.05) is 11.6 Å². The number of nitrogens with one attached hydrogen (secondary N) is 1. The second kappa shape index (κ2) is 5.26. The summed E-state index contributed by atoms with van der Waals surface area (Å²) in [5.74, 6) is -1.22. The van der Waals surface area contributed by atoms with Gasteiger partial charge >= 0.3 is 5.97 Å². The summed E-state index contributed by atoms with van der Waals surface area (Å²) in [6.07, 6.45) is 0. The van der Waals surface area contributed by atoms with E-state index in [1.807, 2.05) is 0 Å². The fourth-order valence-corrected chi connectivity index (χ4v) is 1.12. The summed E-state index contributed by atoms with van der Waals surface area (Å²) in [6.45, 7) is 1.26. The first-order valence-electron chi connectivity index (χ1n) is 4.39. The monoisotopic (exact) mass is 257 g/mol. The lowest BCUT2D eigenvalue weighted by atomic mass is 10.3. The third-order valence-electron chi connectivity index (χ3n) is 1.81. The van der Waals surface area contributed by atoms with E-state index in [-0.39, 0.29) is 22.1 Å². The SMILES string of the molecule is C/C(=N/Nc1cc(Cl)ccc1[N+](=O)[O-])C(=O)O. The Balaban J connectivity index is 3.05. The molecule has 0 heterocycles. The number of nitro groups is 1. The number of hydrogen-bond acceptors (Lipinski definition) is 5. The molecule has 1 aromatic carbocycles. The minimum absolute atomic E-state index is 0.0306. The summed E-state index contributed by atoms with van der Waals surface area (Å²) in [4.78, 5) is 20.5. The lowest BCUT2D eigenvalue weighted by Crippen LogP contribution is -2.10. The molecule has 1 rings (SSSR count). The van der Waals surface area contributed by atoms with Crippen molar-refractivity contribution in [1.29, 1.82) is 0 Å². The van der Waals surface area contributed by atoms with Crippen LogP contribution < -0.4 is 5.43 Å². The molecular weight excluding hydrogens is 250 g/mol. The predicted molar refractivity (Wildman–Crippen MR) is 62.5 cm³/mol. The number of carboxylic acids is 1. The zero-order valence-electron chi connectivity index (χ0n) is 8.68. The third-order valence-corrected chi connectivity index (χ3v) is 2.04. The Morgan fingerprint density at radius 1 is 1.59 bits per heavy atom. The van der Waals surface area contributed by atoms with Crippen molar-refractivity contribution < 1.29 is 14.8 Å². The molecule has 1 aromatic rings. The van der Waals surface area contributed by atoms with Crippen molar-refractivity contribution in [3.05, 3.63) is 33.3 Å². The van der Waals surface area contributed by atoms with Gasteiger partial charge in [0.2, 0.25) is 0 Å². The minimum atomic E-state index is -1.22. The van der Waals surface area contributed by atoms with Gasteiger partial charge in [0.25, 0.3) is 5.69 Å². The Hall–Kier alpha value is -2.15. The molecule has 0 spiro atoms. The summed E-state index contributed by atoms with van der Waals surface area (Å²) in [5, 5.41) is 23.0. The summed E-state index contributed by atoms with van der Waals surface area (Å²) < 4.78 is 0. The van der Waals surface area contributed by atoms with E-state index < -0.39 is 10.9 Å². The molecule has 0 aliphatic rings. The second-order valence-electron chi connectivity index (χ2n) is 3.03. The van der Waals surface area contributed by atoms with E-state index in [0.717, 1.165) is 0 Å². The lowest BCUT2D eigenvalue weighted by molar-refractivity contribution is -0.384. The maximum Gasteiger partial charge on any atom is 0.351 e. The number of hydrazone groups is 1. The molecule has 0 radical (unpaired) electrons. The predicted octanol–water partition coefficient (Wildman–Crippen LogP) is 2.12. The molecule has 0 amide bonds. The van der Waals surface area contributed by atoms with E-state index >= 15 is 0 Å². The molecule has 0 aliphatic heterocycles. The zero-order valence-corrected chi connectivity index (χ0v) is 9.43. The van der Waals surface area contributed by atoms with Gasteiger partial charge in [-0.05, 0) is 19.1 Å². The molecule has 0 saturated carbocycles. The molecule has 0 fully saturated rings. The maximum absolute atomic E-state index is 10.7. The van der Waals surface area contributed by atoms with Gasteiger partial charge < -0.3 is 5.11 Å². The van der Waals surface area contributed by atoms with Crippen LogP contribution in [0.3, 0.4) is 0 Å². The number of nitro benzene ring substituents is 1. The van der Waals surface area contributed by atoms with Crippen LogP contribution in [0.1, 0.15) is 6.92 Å². The first-order valence-corrected chi connectivity index (χ1v) is 4.77. The van der Waals surface area contributed by atoms with E-state index in [4.69, 9.17) is 16.7 Å². The zero-order chi connectivity index (χ0) is 13.0. The smallest absolute Gasteiger partial charge is 0.351 e. The van der Waals surface area contributed by atoms with Gasteiger partial charge in [-0.25, -0.2) is 4.79 Å². The number of rotatable bonds is 4. The summed E-state index contributed by atoms with van der Waals surface area (Å²) in [6, 6.07) is 3.85. The molecule has 0 unspecified atom stereocenters. The summed E-state index contributed by atoms with van der Waals surface area (Å²) in [5.41, 5.74) is 1.87. The highest BCUT2D eigenvalue weighted by Crippen LogP contribution is 2.27. The molecular formula is C9H8ClN3O4. The van der Waals surface area contributed by atoms with E-state index in [1.165, 1.54) is 25.1 Å². The van der Waals surface area contributed by atoms with Crippen molar-refractivity contribution in [3.8, 4) is 0 Å². The average Bonchev–Trinajstić information content (AvgIpc) is 2.25. The summed E-state index contributed by atoms with van der Waals surface area (Å²) >= 11 is 5.67. The van der Waals surface area contributed by atoms with Crippen molar-refractivity contribution in [3.63, 3.8) is 0 Å². The van der Waals surface area contributed by atoms with E-state index in [0.29, 0.717) is 0 Å². The largest absolute Gasteiger partial charge is 0.477 e. The minimum Gasteiger partial charge on any atom is -0.477 e. The number of hydrogen-bond donors (Lipinski definition) is 2. The molecule has 0 saturated heterocycles. The highest BCUT2D eigenvalue weighted by atomic mass is 35.5. The Bertz CT molecular complexity index is 501. The number of halogens is 1. The average molecular weight is 258 g/mol. The molecule has 8 heteroatoms. The van der Waals surface area contributed by atoms with Gasteiger partial charge in [-0.2, -0.15) is 5.10 Å². The molecule has 7 nitrogen and oxygen atoms in total. The van der Waals surface area contributed by atoms with Crippen LogP contribution in [0.15, 0.2) is 23.3 Å². The Labute approximate surface area is 101 Å². The van der Waals surface area contributed by atoms with Gasteiger partial charge in [0.15, 0.2) is 0 Å². The van der Waals surface area contributed by atoms with Crippen LogP contribution in [0.4, 0.5) is 11.4 Å². The van der Waals surface area contributed by atoms with E-state index in [2.05, 4.69) is 10.5 Å². The Kier molecular flexibility index (Phi) is 4.00. The molecule has 0 aromatic heterocycles. The molecule has 17 heavy (non-hydrogen) atoms. The first kappa shape index (κ1) is 12.9. The van der Waals surface area contributed by atoms with Gasteiger partial charge in [0, 0.05) is 11.1 Å². The second-order valence-corrected chi connectivity index (χ2v) is 3.47. The maximum atomic E-state index is 10.7. The van der Waals surface area contributed by atoms with Crippen LogP contribution in [0, 0.1) is 10.1 Å². The topological polar surface area (TPSA) is 105 Å². The first-order chi connectivity index (χ1) is 7.91. The van der Waals surface area contributed by atoms with Gasteiger partial charge in [-0.15, -0.1) is 0 Å². The van der Waals surface area contributed by atoms with Gasteiger partial charge in [0.05, 0.1) is 4.92 Å². The van der Waals surface area contributed by atoms with Crippen molar-refractivity contribution >= 4 is 34.7 Å². The fraction of sp³-hybridized carbons (Fsp3) is 0.111. The normalized spacial score (nSPS) is 11.1. The summed E-state index contributed by atoms with van der Waals surface area (Å²) in [7, 11) is 0. The molecule has 0 atom stereocenters. The molecule has 90 valence electrons. The number of nitrogens with zero attached hydrogens (tertiary/aromatic N) is 2. The van der Waals surface area contributed by atoms with Crippen molar-refractivity contribution in [1.82, 2.24) is 0 Å². The Morgan fingerprint density at radius 3 is 2.76 bits per heavy atom. The highest BCUT2D eigenvalue weighted by Gasteiger charge is 2.13. The van der Waals surface area contributed by atoms with Crippen LogP contribution >= 0.6 is 11.6 Å². The highest BCUT2D eigenvalue weighted by molar-refractivity contribution is 6.34. The van der Waals surface area contributed by atoms with Crippen LogP contribution in [0.2, 0.25) is 5.02 Å².